The third-order valence-electron chi connectivity index (χ3n) is 5.96. The molecule has 1 fully saturated rings. The average molecular weight is 368 g/mol. The van der Waals surface area contributed by atoms with Crippen molar-refractivity contribution in [2.24, 2.45) is 23.5 Å². The fraction of sp³-hybridized carbons (Fsp3) is 0.615. The molecule has 0 aliphatic heterocycles. The molecule has 0 saturated heterocycles. The molecule has 1 heteroatoms. The zero-order valence-corrected chi connectivity index (χ0v) is 18.1. The first-order valence-electron chi connectivity index (χ1n) is 11.3. The van der Waals surface area contributed by atoms with E-state index < -0.39 is 0 Å². The molecule has 1 aromatic carbocycles. The van der Waals surface area contributed by atoms with E-state index in [0.29, 0.717) is 12.0 Å². The van der Waals surface area contributed by atoms with Crippen LogP contribution in [-0.2, 0) is 6.42 Å². The van der Waals surface area contributed by atoms with Gasteiger partial charge in [0.15, 0.2) is 0 Å². The summed E-state index contributed by atoms with van der Waals surface area (Å²) in [7, 11) is 0. The Bertz CT molecular complexity index is 598. The Hall–Kier alpha value is -1.34. The maximum absolute atomic E-state index is 6.50. The lowest BCUT2D eigenvalue weighted by molar-refractivity contribution is 0.512. The highest BCUT2D eigenvalue weighted by Crippen LogP contribution is 2.49. The number of hydrogen-bond acceptors (Lipinski definition) is 1. The smallest absolute Gasteiger partial charge is 0.0114 e. The van der Waals surface area contributed by atoms with Crippen LogP contribution in [0.1, 0.15) is 78.2 Å². The largest absolute Gasteiger partial charge is 0.327 e. The van der Waals surface area contributed by atoms with Gasteiger partial charge in [-0.05, 0) is 61.5 Å². The normalized spacial score (nSPS) is 25.0. The van der Waals surface area contributed by atoms with Gasteiger partial charge in [0.1, 0.15) is 0 Å². The molecular weight excluding hydrogens is 326 g/mol. The molecule has 4 unspecified atom stereocenters. The Labute approximate surface area is 168 Å². The summed E-state index contributed by atoms with van der Waals surface area (Å²) in [5.41, 5.74) is 11.1. The Morgan fingerprint density at radius 2 is 1.78 bits per heavy atom. The number of unbranched alkanes of at least 4 members (excludes halogenated alkanes) is 2. The van der Waals surface area contributed by atoms with Crippen LogP contribution in [0.5, 0.6) is 0 Å². The molecule has 27 heavy (non-hydrogen) atoms. The van der Waals surface area contributed by atoms with Crippen molar-refractivity contribution < 1.29 is 0 Å². The molecule has 0 bridgehead atoms. The van der Waals surface area contributed by atoms with Gasteiger partial charge < -0.3 is 5.73 Å². The van der Waals surface area contributed by atoms with Gasteiger partial charge in [-0.1, -0.05) is 94.5 Å². The van der Waals surface area contributed by atoms with Crippen LogP contribution in [0.2, 0.25) is 0 Å². The van der Waals surface area contributed by atoms with Crippen LogP contribution in [-0.4, -0.2) is 6.04 Å². The highest BCUT2D eigenvalue weighted by molar-refractivity contribution is 5.35. The Morgan fingerprint density at radius 3 is 2.41 bits per heavy atom. The highest BCUT2D eigenvalue weighted by Gasteiger charge is 2.43. The van der Waals surface area contributed by atoms with Crippen molar-refractivity contribution in [1.29, 1.82) is 0 Å². The third kappa shape index (κ3) is 6.96. The van der Waals surface area contributed by atoms with Crippen LogP contribution in [0.15, 0.2) is 53.6 Å². The van der Waals surface area contributed by atoms with Crippen molar-refractivity contribution >= 4 is 0 Å². The van der Waals surface area contributed by atoms with Gasteiger partial charge in [0, 0.05) is 6.04 Å². The van der Waals surface area contributed by atoms with E-state index in [1.165, 1.54) is 50.5 Å². The molecule has 1 nitrogen and oxygen atoms in total. The van der Waals surface area contributed by atoms with Gasteiger partial charge in [-0.3, -0.25) is 0 Å². The Kier molecular flexibility index (Phi) is 9.34. The summed E-state index contributed by atoms with van der Waals surface area (Å²) in [5, 5.41) is 0. The molecule has 3 rings (SSSR count). The molecule has 0 amide bonds. The van der Waals surface area contributed by atoms with Crippen molar-refractivity contribution in [2.75, 3.05) is 0 Å². The Morgan fingerprint density at radius 1 is 1.07 bits per heavy atom. The molecule has 1 aromatic rings. The van der Waals surface area contributed by atoms with Crippen LogP contribution in [0.25, 0.3) is 0 Å². The summed E-state index contributed by atoms with van der Waals surface area (Å²) >= 11 is 0. The van der Waals surface area contributed by atoms with E-state index in [-0.39, 0.29) is 0 Å². The van der Waals surface area contributed by atoms with E-state index >= 15 is 0 Å². The highest BCUT2D eigenvalue weighted by atomic mass is 14.7. The topological polar surface area (TPSA) is 26.0 Å². The first kappa shape index (κ1) is 22.0. The average Bonchev–Trinajstić information content (AvgIpc) is 3.46. The number of nitrogens with two attached hydrogens (primary N) is 1. The van der Waals surface area contributed by atoms with Crippen LogP contribution >= 0.6 is 0 Å². The van der Waals surface area contributed by atoms with Gasteiger partial charge in [-0.2, -0.15) is 0 Å². The molecule has 0 spiro atoms. The molecule has 2 aliphatic rings. The van der Waals surface area contributed by atoms with Crippen LogP contribution in [0.4, 0.5) is 0 Å². The van der Waals surface area contributed by atoms with E-state index in [9.17, 15) is 0 Å². The van der Waals surface area contributed by atoms with Gasteiger partial charge in [0.25, 0.3) is 0 Å². The van der Waals surface area contributed by atoms with Crippen LogP contribution in [0, 0.1) is 17.8 Å². The number of hydrogen-bond donors (Lipinski definition) is 1. The second-order valence-electron chi connectivity index (χ2n) is 8.59. The lowest BCUT2D eigenvalue weighted by Crippen LogP contribution is -2.26. The summed E-state index contributed by atoms with van der Waals surface area (Å²) in [6.45, 7) is 8.87. The molecule has 0 aromatic heterocycles. The summed E-state index contributed by atoms with van der Waals surface area (Å²) in [5.74, 6) is 2.18. The fourth-order valence-electron chi connectivity index (χ4n) is 4.26. The van der Waals surface area contributed by atoms with Gasteiger partial charge in [0.05, 0.1) is 0 Å². The van der Waals surface area contributed by atoms with Crippen LogP contribution in [0.3, 0.4) is 0 Å². The maximum Gasteiger partial charge on any atom is 0.0114 e. The predicted molar refractivity (Wildman–Crippen MR) is 120 cm³/mol. The van der Waals surface area contributed by atoms with E-state index in [2.05, 4.69) is 70.2 Å². The number of allylic oxidation sites excluding steroid dienone is 4. The third-order valence-corrected chi connectivity index (χ3v) is 5.96. The SMILES string of the molecule is CCC.CCCCCC1CC=C(C2CC2C(N)Cc2ccccc2)C=C1C. The number of rotatable bonds is 8. The molecule has 0 heterocycles. The second kappa shape index (κ2) is 11.5. The quantitative estimate of drug-likeness (QED) is 0.488. The summed E-state index contributed by atoms with van der Waals surface area (Å²) in [6.07, 6.45) is 15.2. The molecule has 2 N–H and O–H groups in total. The lowest BCUT2D eigenvalue weighted by Gasteiger charge is -2.22. The second-order valence-corrected chi connectivity index (χ2v) is 8.59. The molecular formula is C26H41N. The molecule has 150 valence electrons. The lowest BCUT2D eigenvalue weighted by atomic mass is 9.84. The fourth-order valence-corrected chi connectivity index (χ4v) is 4.26. The van der Waals surface area contributed by atoms with E-state index in [1.807, 2.05) is 0 Å². The standard InChI is InChI=1S/C23H33N.C3H8/c1-3-4-6-11-19-12-13-20(14-17(19)2)21-16-22(21)23(24)15-18-9-7-5-8-10-18;1-3-2/h5,7-10,13-14,19,21-23H,3-4,6,11-12,15-16,24H2,1-2H3;3H2,1-2H3. The molecule has 2 aliphatic carbocycles. The summed E-state index contributed by atoms with van der Waals surface area (Å²) < 4.78 is 0. The Balaban J connectivity index is 0.000000817. The number of benzene rings is 1. The van der Waals surface area contributed by atoms with Gasteiger partial charge in [-0.25, -0.2) is 0 Å². The minimum absolute atomic E-state index is 0.300. The first-order chi connectivity index (χ1) is 13.1. The van der Waals surface area contributed by atoms with Crippen molar-refractivity contribution in [1.82, 2.24) is 0 Å². The predicted octanol–water partition coefficient (Wildman–Crippen LogP) is 7.08. The van der Waals surface area contributed by atoms with E-state index in [0.717, 1.165) is 18.3 Å². The van der Waals surface area contributed by atoms with Gasteiger partial charge >= 0.3 is 0 Å². The molecule has 4 atom stereocenters. The minimum atomic E-state index is 0.300. The van der Waals surface area contributed by atoms with Crippen molar-refractivity contribution in [2.45, 2.75) is 85.1 Å². The summed E-state index contributed by atoms with van der Waals surface area (Å²) in [4.78, 5) is 0. The van der Waals surface area contributed by atoms with Gasteiger partial charge in [-0.15, -0.1) is 0 Å². The molecule has 0 radical (unpaired) electrons. The van der Waals surface area contributed by atoms with Gasteiger partial charge in [0.2, 0.25) is 0 Å². The monoisotopic (exact) mass is 367 g/mol. The van der Waals surface area contributed by atoms with E-state index in [4.69, 9.17) is 5.73 Å². The van der Waals surface area contributed by atoms with Crippen LogP contribution < -0.4 is 5.73 Å². The first-order valence-corrected chi connectivity index (χ1v) is 11.3. The van der Waals surface area contributed by atoms with Crippen molar-refractivity contribution in [3.05, 3.63) is 59.2 Å². The van der Waals surface area contributed by atoms with E-state index in [1.54, 1.807) is 11.1 Å². The van der Waals surface area contributed by atoms with Crippen molar-refractivity contribution in [3.63, 3.8) is 0 Å². The maximum atomic E-state index is 6.50. The van der Waals surface area contributed by atoms with Crippen molar-refractivity contribution in [3.8, 4) is 0 Å². The summed E-state index contributed by atoms with van der Waals surface area (Å²) in [6, 6.07) is 11.0. The zero-order chi connectivity index (χ0) is 19.6. The molecule has 1 saturated carbocycles. The minimum Gasteiger partial charge on any atom is -0.327 e. The zero-order valence-electron chi connectivity index (χ0n) is 18.1.